The summed E-state index contributed by atoms with van der Waals surface area (Å²) in [5.74, 6) is -2.22. The molecular formula is C35H51ClN6O6. The zero-order valence-electron chi connectivity index (χ0n) is 28.6. The van der Waals surface area contributed by atoms with E-state index in [-0.39, 0.29) is 37.4 Å². The molecule has 2 aliphatic heterocycles. The summed E-state index contributed by atoms with van der Waals surface area (Å²) in [6.45, 7) is 7.62. The van der Waals surface area contributed by atoms with E-state index in [1.54, 1.807) is 18.3 Å². The number of nitrogens with zero attached hydrogens (tertiary/aromatic N) is 2. The molecule has 0 aromatic carbocycles. The van der Waals surface area contributed by atoms with E-state index in [4.69, 9.17) is 16.4 Å². The number of hydrogen-bond donors (Lipinski definition) is 4. The first-order valence-electron chi connectivity index (χ1n) is 17.6. The number of carbonyl (C=O) groups excluding carboxylic acids is 5. The van der Waals surface area contributed by atoms with Gasteiger partial charge in [-0.2, -0.15) is 5.48 Å². The first-order chi connectivity index (χ1) is 22.8. The molecule has 264 valence electrons. The number of likely N-dealkylation sites (tertiary alicyclic amines) is 1. The van der Waals surface area contributed by atoms with Crippen LogP contribution in [0.3, 0.4) is 0 Å². The van der Waals surface area contributed by atoms with Crippen LogP contribution in [0.4, 0.5) is 0 Å². The lowest BCUT2D eigenvalue weighted by Crippen LogP contribution is -2.59. The molecule has 5 rings (SSSR count). The quantitative estimate of drug-likeness (QED) is 0.243. The second-order valence-electron chi connectivity index (χ2n) is 15.3. The topological polar surface area (TPSA) is 159 Å². The number of carbonyl (C=O) groups is 5. The summed E-state index contributed by atoms with van der Waals surface area (Å²) >= 11 is 6.23. The highest BCUT2D eigenvalue weighted by molar-refractivity contribution is 6.38. The van der Waals surface area contributed by atoms with Crippen LogP contribution in [0.15, 0.2) is 18.3 Å². The van der Waals surface area contributed by atoms with Crippen molar-refractivity contribution in [1.29, 1.82) is 0 Å². The van der Waals surface area contributed by atoms with Crippen molar-refractivity contribution in [3.05, 3.63) is 29.0 Å². The number of ketones is 1. The van der Waals surface area contributed by atoms with E-state index in [0.717, 1.165) is 38.5 Å². The summed E-state index contributed by atoms with van der Waals surface area (Å²) in [6.07, 6.45) is 10.4. The number of hydroxylamine groups is 1. The van der Waals surface area contributed by atoms with Gasteiger partial charge in [-0.1, -0.05) is 65.0 Å². The third kappa shape index (κ3) is 8.92. The van der Waals surface area contributed by atoms with Crippen LogP contribution in [0.2, 0.25) is 5.02 Å². The standard InChI is InChI=1S/C35H51ClN6O6/c1-5-9-24(29(44)32(46)38-23-12-13-23)39-31(45)27-19-35(18-26(41-48-35)25-17-22(36)14-15-37-25)20-42(27)33(47)30(34(2,3)4)40-28(43)16-21-10-7-6-8-11-21/h14-15,17,21,23-24,26-27,30,41H,5-13,16,18-20H2,1-4H3,(H,38,46)(H,39,45)(H,40,43)/t24-,26?,27-,30+,35+/m0/s1. The van der Waals surface area contributed by atoms with Gasteiger partial charge < -0.3 is 20.9 Å². The predicted octanol–water partition coefficient (Wildman–Crippen LogP) is 3.67. The zero-order chi connectivity index (χ0) is 34.6. The third-order valence-electron chi connectivity index (χ3n) is 10.0. The molecular weight excluding hydrogens is 636 g/mol. The van der Waals surface area contributed by atoms with Crippen LogP contribution >= 0.6 is 11.6 Å². The Morgan fingerprint density at radius 2 is 1.81 bits per heavy atom. The van der Waals surface area contributed by atoms with Gasteiger partial charge in [-0.25, -0.2) is 0 Å². The van der Waals surface area contributed by atoms with E-state index >= 15 is 0 Å². The number of hydrogen-bond acceptors (Lipinski definition) is 8. The number of Topliss-reactive ketones (excluding diaryl/α,β-unsaturated/α-hetero) is 1. The number of nitrogens with one attached hydrogen (secondary N) is 4. The number of pyridine rings is 1. The third-order valence-corrected chi connectivity index (χ3v) is 10.3. The van der Waals surface area contributed by atoms with E-state index in [9.17, 15) is 24.0 Å². The molecule has 1 unspecified atom stereocenters. The highest BCUT2D eigenvalue weighted by Gasteiger charge is 2.56. The van der Waals surface area contributed by atoms with Gasteiger partial charge in [-0.05, 0) is 55.6 Å². The zero-order valence-corrected chi connectivity index (χ0v) is 29.4. The second kappa shape index (κ2) is 15.2. The molecule has 13 heteroatoms. The molecule has 5 atom stereocenters. The lowest BCUT2D eigenvalue weighted by molar-refractivity contribution is -0.145. The number of amides is 4. The Morgan fingerprint density at radius 1 is 1.08 bits per heavy atom. The fraction of sp³-hybridized carbons (Fsp3) is 0.714. The first-order valence-corrected chi connectivity index (χ1v) is 18.0. The Morgan fingerprint density at radius 3 is 2.46 bits per heavy atom. The van der Waals surface area contributed by atoms with Gasteiger partial charge in [0.1, 0.15) is 17.7 Å². The molecule has 2 saturated carbocycles. The van der Waals surface area contributed by atoms with Gasteiger partial charge in [0.05, 0.1) is 24.3 Å². The monoisotopic (exact) mass is 686 g/mol. The maximum absolute atomic E-state index is 14.5. The maximum Gasteiger partial charge on any atom is 0.289 e. The average molecular weight is 687 g/mol. The molecule has 3 heterocycles. The van der Waals surface area contributed by atoms with E-state index in [0.29, 0.717) is 35.9 Å². The van der Waals surface area contributed by atoms with Crippen molar-refractivity contribution in [3.63, 3.8) is 0 Å². The summed E-state index contributed by atoms with van der Waals surface area (Å²) in [5.41, 5.74) is 2.09. The van der Waals surface area contributed by atoms with Crippen molar-refractivity contribution in [2.24, 2.45) is 11.3 Å². The van der Waals surface area contributed by atoms with Crippen LogP contribution in [0.1, 0.15) is 116 Å². The lowest BCUT2D eigenvalue weighted by Gasteiger charge is -2.36. The van der Waals surface area contributed by atoms with Crippen molar-refractivity contribution in [3.8, 4) is 0 Å². The van der Waals surface area contributed by atoms with Crippen LogP contribution in [0.25, 0.3) is 0 Å². The van der Waals surface area contributed by atoms with E-state index in [1.807, 2.05) is 27.7 Å². The first kappa shape index (κ1) is 36.2. The van der Waals surface area contributed by atoms with Gasteiger partial charge in [0.2, 0.25) is 23.5 Å². The molecule has 0 bridgehead atoms. The molecule has 4 aliphatic rings. The maximum atomic E-state index is 14.5. The van der Waals surface area contributed by atoms with Crippen molar-refractivity contribution in [2.75, 3.05) is 6.54 Å². The Kier molecular flexibility index (Phi) is 11.5. The van der Waals surface area contributed by atoms with Crippen LogP contribution in [0.5, 0.6) is 0 Å². The van der Waals surface area contributed by atoms with Gasteiger partial charge in [-0.15, -0.1) is 0 Å². The molecule has 1 aromatic rings. The van der Waals surface area contributed by atoms with Crippen LogP contribution in [-0.4, -0.2) is 75.6 Å². The highest BCUT2D eigenvalue weighted by atomic mass is 35.5. The number of halogens is 1. The smallest absolute Gasteiger partial charge is 0.289 e. The second-order valence-corrected chi connectivity index (χ2v) is 15.7. The molecule has 2 saturated heterocycles. The molecule has 1 aromatic heterocycles. The summed E-state index contributed by atoms with van der Waals surface area (Å²) in [6, 6.07) is 0.140. The Balaban J connectivity index is 1.38. The minimum atomic E-state index is -1.03. The molecule has 1 spiro atoms. The molecule has 4 fully saturated rings. The van der Waals surface area contributed by atoms with Crippen molar-refractivity contribution >= 4 is 41.0 Å². The van der Waals surface area contributed by atoms with Gasteiger partial charge in [0.25, 0.3) is 5.91 Å². The van der Waals surface area contributed by atoms with E-state index < -0.39 is 52.6 Å². The Hall–Kier alpha value is -3.09. The average Bonchev–Trinajstić information content (AvgIpc) is 3.63. The van der Waals surface area contributed by atoms with Crippen molar-refractivity contribution < 1.29 is 28.8 Å². The van der Waals surface area contributed by atoms with E-state index in [1.165, 1.54) is 11.3 Å². The minimum Gasteiger partial charge on any atom is -0.347 e. The molecule has 4 N–H and O–H groups in total. The van der Waals surface area contributed by atoms with Crippen LogP contribution in [0, 0.1) is 11.3 Å². The SMILES string of the molecule is CCC[C@H](NC(=O)[C@@H]1C[C@]2(CC(c3cc(Cl)ccn3)NO2)CN1C(=O)[C@@H](NC(=O)CC1CCCCC1)C(C)(C)C)C(=O)C(=O)NC1CC1. The van der Waals surface area contributed by atoms with Crippen molar-refractivity contribution in [2.45, 2.75) is 141 Å². The fourth-order valence-corrected chi connectivity index (χ4v) is 7.39. The fourth-order valence-electron chi connectivity index (χ4n) is 7.22. The van der Waals surface area contributed by atoms with E-state index in [2.05, 4.69) is 26.4 Å². The summed E-state index contributed by atoms with van der Waals surface area (Å²) in [5, 5.41) is 9.08. The minimum absolute atomic E-state index is 0.00108. The lowest BCUT2D eigenvalue weighted by atomic mass is 9.84. The highest BCUT2D eigenvalue weighted by Crippen LogP contribution is 2.43. The summed E-state index contributed by atoms with van der Waals surface area (Å²) < 4.78 is 0. The van der Waals surface area contributed by atoms with Gasteiger partial charge in [-0.3, -0.25) is 33.8 Å². The van der Waals surface area contributed by atoms with Crippen molar-refractivity contribution in [1.82, 2.24) is 31.3 Å². The van der Waals surface area contributed by atoms with Gasteiger partial charge >= 0.3 is 0 Å². The summed E-state index contributed by atoms with van der Waals surface area (Å²) in [7, 11) is 0. The molecule has 48 heavy (non-hydrogen) atoms. The molecule has 2 aliphatic carbocycles. The largest absolute Gasteiger partial charge is 0.347 e. The number of rotatable bonds is 12. The Labute approximate surface area is 288 Å². The number of aromatic nitrogens is 1. The van der Waals surface area contributed by atoms with Gasteiger partial charge in [0.15, 0.2) is 0 Å². The molecule has 12 nitrogen and oxygen atoms in total. The normalized spacial score (nSPS) is 25.8. The molecule has 0 radical (unpaired) electrons. The Bertz CT molecular complexity index is 1380. The summed E-state index contributed by atoms with van der Waals surface area (Å²) in [4.78, 5) is 79.9. The van der Waals surface area contributed by atoms with Crippen LogP contribution in [-0.2, 0) is 28.8 Å². The predicted molar refractivity (Wildman–Crippen MR) is 179 cm³/mol. The van der Waals surface area contributed by atoms with Gasteiger partial charge in [0, 0.05) is 36.5 Å². The molecule has 4 amide bonds. The van der Waals surface area contributed by atoms with Crippen LogP contribution < -0.4 is 21.4 Å².